The number of ether oxygens (including phenoxy) is 2. The number of fused-ring (bicyclic) bond motifs is 1. The smallest absolute Gasteiger partial charge is 0.320 e. The molecular weight excluding hydrogens is 390 g/mol. The molecule has 1 aliphatic heterocycles. The number of nitrogen functional groups attached to an aromatic ring is 1. The maximum Gasteiger partial charge on any atom is 0.320 e. The topological polar surface area (TPSA) is 149 Å². The number of imidazole rings is 1. The van der Waals surface area contributed by atoms with Crippen molar-refractivity contribution >= 4 is 17.0 Å². The predicted octanol–water partition coefficient (Wildman–Crippen LogP) is 0.593. The highest BCUT2D eigenvalue weighted by Crippen LogP contribution is 2.32. The number of benzene rings is 1. The van der Waals surface area contributed by atoms with Crippen LogP contribution in [0.1, 0.15) is 31.1 Å². The molecule has 3 heterocycles. The lowest BCUT2D eigenvalue weighted by molar-refractivity contribution is -0.0511. The van der Waals surface area contributed by atoms with Crippen LogP contribution in [0, 0.1) is 0 Å². The van der Waals surface area contributed by atoms with Crippen molar-refractivity contribution in [1.29, 1.82) is 0 Å². The van der Waals surface area contributed by atoms with Gasteiger partial charge in [-0.15, -0.1) is 0 Å². The third-order valence-corrected chi connectivity index (χ3v) is 5.40. The van der Waals surface area contributed by atoms with Gasteiger partial charge in [0, 0.05) is 5.92 Å². The van der Waals surface area contributed by atoms with Gasteiger partial charge in [-0.25, -0.2) is 4.98 Å². The van der Waals surface area contributed by atoms with Crippen LogP contribution in [0.3, 0.4) is 0 Å². The molecule has 30 heavy (non-hydrogen) atoms. The van der Waals surface area contributed by atoms with Gasteiger partial charge in [0.05, 0.1) is 19.5 Å². The quantitative estimate of drug-likeness (QED) is 0.435. The number of nitrogens with two attached hydrogens (primary N) is 1. The van der Waals surface area contributed by atoms with E-state index in [4.69, 9.17) is 15.2 Å². The van der Waals surface area contributed by atoms with E-state index in [1.165, 1.54) is 10.9 Å². The fourth-order valence-corrected chi connectivity index (χ4v) is 3.63. The first-order chi connectivity index (χ1) is 14.5. The van der Waals surface area contributed by atoms with Crippen molar-refractivity contribution in [2.45, 2.75) is 43.8 Å². The van der Waals surface area contributed by atoms with Gasteiger partial charge in [0.25, 0.3) is 0 Å². The first kappa shape index (κ1) is 20.5. The molecule has 1 aromatic carbocycles. The highest BCUT2D eigenvalue weighted by Gasteiger charge is 2.44. The largest absolute Gasteiger partial charge is 0.463 e. The number of hydrogen-bond acceptors (Lipinski definition) is 9. The minimum absolute atomic E-state index is 0.0860. The number of rotatable bonds is 7. The van der Waals surface area contributed by atoms with Crippen molar-refractivity contribution in [1.82, 2.24) is 19.5 Å². The first-order valence-corrected chi connectivity index (χ1v) is 9.83. The van der Waals surface area contributed by atoms with Crippen LogP contribution in [0.15, 0.2) is 36.7 Å². The van der Waals surface area contributed by atoms with E-state index in [1.807, 2.05) is 30.3 Å². The summed E-state index contributed by atoms with van der Waals surface area (Å²) in [6.07, 6.45) is -2.10. The molecule has 1 fully saturated rings. The van der Waals surface area contributed by atoms with Crippen molar-refractivity contribution in [3.63, 3.8) is 0 Å². The Bertz CT molecular complexity index is 998. The molecule has 1 saturated heterocycles. The monoisotopic (exact) mass is 415 g/mol. The van der Waals surface area contributed by atoms with Crippen molar-refractivity contribution in [3.8, 4) is 6.01 Å². The second-order valence-corrected chi connectivity index (χ2v) is 7.27. The van der Waals surface area contributed by atoms with Gasteiger partial charge in [-0.1, -0.05) is 37.3 Å². The van der Waals surface area contributed by atoms with Crippen LogP contribution < -0.4 is 10.5 Å². The lowest BCUT2D eigenvalue weighted by Crippen LogP contribution is -2.33. The molecular formula is C20H25N5O5. The van der Waals surface area contributed by atoms with Gasteiger partial charge in [0.15, 0.2) is 23.2 Å². The van der Waals surface area contributed by atoms with Crippen LogP contribution in [0.5, 0.6) is 6.01 Å². The Labute approximate surface area is 172 Å². The highest BCUT2D eigenvalue weighted by atomic mass is 16.6. The van der Waals surface area contributed by atoms with E-state index < -0.39 is 31.1 Å². The second kappa shape index (κ2) is 8.52. The number of aliphatic hydroxyl groups is 3. The van der Waals surface area contributed by atoms with Crippen molar-refractivity contribution in [2.24, 2.45) is 0 Å². The standard InChI is InChI=1S/C20H25N5O5/c1-2-11(12-6-4-3-5-7-12)9-29-20-23-17(21)14-18(24-20)25(10-22-14)19-16(28)15(27)13(8-26)30-19/h3-7,10-11,13,15-16,19,26-28H,2,8-9H2,1H3,(H2,21,23,24)/t11-,13-,15-,16-,19?/m1/s1. The van der Waals surface area contributed by atoms with E-state index >= 15 is 0 Å². The first-order valence-electron chi connectivity index (χ1n) is 9.83. The second-order valence-electron chi connectivity index (χ2n) is 7.27. The van der Waals surface area contributed by atoms with Gasteiger partial charge >= 0.3 is 6.01 Å². The summed E-state index contributed by atoms with van der Waals surface area (Å²) in [6, 6.07) is 10.1. The zero-order valence-corrected chi connectivity index (χ0v) is 16.5. The Morgan fingerprint density at radius 3 is 2.63 bits per heavy atom. The fourth-order valence-electron chi connectivity index (χ4n) is 3.63. The Kier molecular flexibility index (Phi) is 5.82. The van der Waals surface area contributed by atoms with Gasteiger partial charge < -0.3 is 30.5 Å². The Morgan fingerprint density at radius 1 is 1.20 bits per heavy atom. The number of anilines is 1. The molecule has 4 rings (SSSR count). The van der Waals surface area contributed by atoms with Crippen molar-refractivity contribution in [3.05, 3.63) is 42.2 Å². The number of aliphatic hydroxyl groups excluding tert-OH is 3. The summed E-state index contributed by atoms with van der Waals surface area (Å²) in [4.78, 5) is 12.8. The number of nitrogens with zero attached hydrogens (tertiary/aromatic N) is 4. The Balaban J connectivity index is 1.59. The van der Waals surface area contributed by atoms with Gasteiger partial charge in [-0.2, -0.15) is 9.97 Å². The Hall–Kier alpha value is -2.79. The van der Waals surface area contributed by atoms with Crippen LogP contribution in [-0.2, 0) is 4.74 Å². The molecule has 5 N–H and O–H groups in total. The lowest BCUT2D eigenvalue weighted by Gasteiger charge is -2.17. The molecule has 5 atom stereocenters. The third kappa shape index (κ3) is 3.70. The molecule has 1 unspecified atom stereocenters. The molecule has 160 valence electrons. The molecule has 0 bridgehead atoms. The Morgan fingerprint density at radius 2 is 1.97 bits per heavy atom. The molecule has 1 aliphatic rings. The molecule has 0 radical (unpaired) electrons. The van der Waals surface area contributed by atoms with Gasteiger partial charge in [0.2, 0.25) is 0 Å². The molecule has 0 saturated carbocycles. The fraction of sp³-hybridized carbons (Fsp3) is 0.450. The maximum absolute atomic E-state index is 10.3. The maximum atomic E-state index is 10.3. The highest BCUT2D eigenvalue weighted by molar-refractivity contribution is 5.82. The number of aromatic nitrogens is 4. The van der Waals surface area contributed by atoms with Gasteiger partial charge in [0.1, 0.15) is 18.3 Å². The summed E-state index contributed by atoms with van der Waals surface area (Å²) in [5.41, 5.74) is 7.83. The van der Waals surface area contributed by atoms with Crippen LogP contribution in [0.25, 0.3) is 11.2 Å². The number of hydrogen-bond donors (Lipinski definition) is 4. The summed E-state index contributed by atoms with van der Waals surface area (Å²) in [7, 11) is 0. The van der Waals surface area contributed by atoms with Crippen molar-refractivity contribution in [2.75, 3.05) is 18.9 Å². The lowest BCUT2D eigenvalue weighted by atomic mass is 9.98. The normalized spacial score (nSPS) is 24.9. The van der Waals surface area contributed by atoms with Crippen LogP contribution in [0.2, 0.25) is 0 Å². The van der Waals surface area contributed by atoms with Gasteiger partial charge in [-0.3, -0.25) is 4.57 Å². The molecule has 3 aromatic rings. The van der Waals surface area contributed by atoms with E-state index in [0.29, 0.717) is 17.8 Å². The van der Waals surface area contributed by atoms with E-state index in [2.05, 4.69) is 21.9 Å². The van der Waals surface area contributed by atoms with Crippen molar-refractivity contribution < 1.29 is 24.8 Å². The van der Waals surface area contributed by atoms with Gasteiger partial charge in [-0.05, 0) is 12.0 Å². The van der Waals surface area contributed by atoms with Crippen LogP contribution >= 0.6 is 0 Å². The van der Waals surface area contributed by atoms with E-state index in [0.717, 1.165) is 12.0 Å². The van der Waals surface area contributed by atoms with E-state index in [1.54, 1.807) is 0 Å². The zero-order valence-electron chi connectivity index (χ0n) is 16.5. The molecule has 0 aliphatic carbocycles. The average molecular weight is 415 g/mol. The molecule has 0 spiro atoms. The summed E-state index contributed by atoms with van der Waals surface area (Å²) in [6.45, 7) is 2.02. The van der Waals surface area contributed by atoms with Crippen LogP contribution in [0.4, 0.5) is 5.82 Å². The minimum atomic E-state index is -1.26. The summed E-state index contributed by atoms with van der Waals surface area (Å²) in [5.74, 6) is 0.297. The summed E-state index contributed by atoms with van der Waals surface area (Å²) < 4.78 is 12.9. The zero-order chi connectivity index (χ0) is 21.3. The molecule has 2 aromatic heterocycles. The molecule has 10 heteroatoms. The SMILES string of the molecule is CC[C@H](COc1nc(N)c2ncn(C3O[C@H](CO)[C@@H](O)[C@H]3O)c2n1)c1ccccc1. The molecule has 0 amide bonds. The minimum Gasteiger partial charge on any atom is -0.463 e. The van der Waals surface area contributed by atoms with E-state index in [-0.39, 0.29) is 17.7 Å². The summed E-state index contributed by atoms with van der Waals surface area (Å²) >= 11 is 0. The van der Waals surface area contributed by atoms with Crippen LogP contribution in [-0.4, -0.2) is 66.4 Å². The molecule has 10 nitrogen and oxygen atoms in total. The predicted molar refractivity (Wildman–Crippen MR) is 108 cm³/mol. The third-order valence-electron chi connectivity index (χ3n) is 5.40. The summed E-state index contributed by atoms with van der Waals surface area (Å²) in [5, 5.41) is 29.7. The van der Waals surface area contributed by atoms with E-state index in [9.17, 15) is 15.3 Å². The average Bonchev–Trinajstić information content (AvgIpc) is 3.31.